The second kappa shape index (κ2) is 54.1. The Morgan fingerprint density at radius 1 is 0.299 bits per heavy atom. The van der Waals surface area contributed by atoms with Crippen LogP contribution in [0.25, 0.3) is 131 Å². The molecule has 0 amide bonds. The molecule has 789 valence electrons. The molecule has 0 fully saturated rings. The first kappa shape index (κ1) is 124. The number of hydrogen-bond acceptors (Lipinski definition) is 9. The summed E-state index contributed by atoms with van der Waals surface area (Å²) in [7, 11) is 0. The van der Waals surface area contributed by atoms with Gasteiger partial charge in [-0.1, -0.05) is 374 Å². The van der Waals surface area contributed by atoms with Crippen molar-refractivity contribution in [3.05, 3.63) is 305 Å². The van der Waals surface area contributed by atoms with E-state index in [9.17, 15) is 29.7 Å². The molecule has 0 atom stereocenters. The largest absolute Gasteiger partial charge is 0.512 e. The zero-order chi connectivity index (χ0) is 106. The van der Waals surface area contributed by atoms with E-state index in [4.69, 9.17) is 15.0 Å². The van der Waals surface area contributed by atoms with Crippen LogP contribution in [0.3, 0.4) is 0 Å². The third-order valence-corrected chi connectivity index (χ3v) is 33.7. The third kappa shape index (κ3) is 28.1. The summed E-state index contributed by atoms with van der Waals surface area (Å²) in [4.78, 5) is 50.9. The van der Waals surface area contributed by atoms with Crippen molar-refractivity contribution in [2.24, 2.45) is 32.5 Å². The summed E-state index contributed by atoms with van der Waals surface area (Å²) < 4.78 is 0. The Morgan fingerprint density at radius 2 is 0.592 bits per heavy atom. The molecule has 9 nitrogen and oxygen atoms in total. The molecule has 12 aromatic carbocycles. The number of fused-ring (bicyclic) bond motifs is 12. The number of hydrogen-bond donors (Lipinski definition) is 3. The van der Waals surface area contributed by atoms with Crippen LogP contribution in [0.1, 0.15) is 352 Å². The molecule has 0 aliphatic heterocycles. The van der Waals surface area contributed by atoms with E-state index in [0.29, 0.717) is 17.8 Å². The van der Waals surface area contributed by atoms with Gasteiger partial charge in [-0.15, -0.1) is 89.0 Å². The third-order valence-electron chi connectivity index (χ3n) is 33.7. The second-order valence-corrected chi connectivity index (χ2v) is 43.5. The number of nitrogens with zero attached hydrogens (tertiary/aromatic N) is 3. The van der Waals surface area contributed by atoms with Crippen molar-refractivity contribution < 1.29 is 90.0 Å². The minimum absolute atomic E-state index is 0. The summed E-state index contributed by atoms with van der Waals surface area (Å²) in [6.07, 6.45) is 24.7. The van der Waals surface area contributed by atoms with Gasteiger partial charge >= 0.3 is 0 Å². The Labute approximate surface area is 923 Å². The van der Waals surface area contributed by atoms with Crippen molar-refractivity contribution in [1.29, 1.82) is 0 Å². The molecule has 15 rings (SSSR count). The number of aliphatic hydroxyl groups excluding tert-OH is 3. The summed E-state index contributed by atoms with van der Waals surface area (Å²) in [5.41, 5.74) is 15.5. The Morgan fingerprint density at radius 3 is 0.932 bits per heavy atom. The molecule has 3 aromatic heterocycles. The molecule has 0 bridgehead atoms. The number of allylic oxidation sites excluding steroid dienone is 6. The first-order valence-electron chi connectivity index (χ1n) is 54.0. The SMILES string of the molecule is CCC(C)(CC)C(=O)C=C(O)C(C)(CC)CC.CCC(C)(CC)C(=O)C=C(O)C(C)(CC)CC.CCC(C)(CC)C(=O)C=C(O)C(C)(CC)CC.CCC(CC)c1c(C)ccc2[c-]c(-c3nccc4c3ccc3cc(C(C)(C)C)ccc34)ccc12.CCC(CC)c1c(C)ccc2[c-]c(-c3nccc4c3ccc3cc(C)ccc34)ccc12.Cc1ccc2ccc3c(-c4[c-]c5cccc(C(C)C)c5cc4)nccc3c2c1.[Ir].[Ir].[Ir]. The summed E-state index contributed by atoms with van der Waals surface area (Å²) in [6, 6.07) is 79.7. The van der Waals surface area contributed by atoms with E-state index in [0.717, 1.165) is 142 Å². The average molecular weight is 2510 g/mol. The number of rotatable bonds is 31. The van der Waals surface area contributed by atoms with Crippen molar-refractivity contribution in [2.45, 2.75) is 341 Å². The van der Waals surface area contributed by atoms with Gasteiger partial charge in [-0.05, 0) is 242 Å². The van der Waals surface area contributed by atoms with E-state index in [2.05, 4.69) is 296 Å². The van der Waals surface area contributed by atoms with Crippen molar-refractivity contribution in [1.82, 2.24) is 15.0 Å². The van der Waals surface area contributed by atoms with Crippen LogP contribution in [0.5, 0.6) is 0 Å². The van der Waals surface area contributed by atoms with Crippen molar-refractivity contribution in [2.75, 3.05) is 0 Å². The molecule has 147 heavy (non-hydrogen) atoms. The van der Waals surface area contributed by atoms with Crippen LogP contribution in [-0.4, -0.2) is 47.6 Å². The van der Waals surface area contributed by atoms with Crippen LogP contribution >= 0.6 is 0 Å². The van der Waals surface area contributed by atoms with Gasteiger partial charge in [0, 0.05) is 147 Å². The number of aryl methyl sites for hydroxylation is 4. The first-order chi connectivity index (χ1) is 68.4. The van der Waals surface area contributed by atoms with Crippen LogP contribution in [0.4, 0.5) is 0 Å². The number of ketones is 3. The molecule has 0 aliphatic rings. The number of pyridine rings is 3. The maximum atomic E-state index is 12.2. The van der Waals surface area contributed by atoms with Crippen LogP contribution in [-0.2, 0) is 80.1 Å². The Balaban J connectivity index is 0.000000244. The predicted octanol–water partition coefficient (Wildman–Crippen LogP) is 39.4. The molecular weight excluding hydrogens is 2340 g/mol. The number of benzene rings is 12. The van der Waals surface area contributed by atoms with Gasteiger partial charge in [0.1, 0.15) is 17.3 Å². The van der Waals surface area contributed by atoms with Crippen molar-refractivity contribution in [3.8, 4) is 33.8 Å². The normalized spacial score (nSPS) is 12.4. The Kier molecular flexibility index (Phi) is 45.6. The fraction of sp³-hybridized carbons (Fsp3) is 0.422. The van der Waals surface area contributed by atoms with Gasteiger partial charge in [0.05, 0.1) is 0 Å². The van der Waals surface area contributed by atoms with Crippen LogP contribution in [0.15, 0.2) is 242 Å². The standard InChI is InChI=1S/C33H34N.C30H28N.C27H22N.3C15H28O2.3Ir/c1-7-22(8-2)31-21(3)9-10-23-19-25(12-14-28(23)31)32-30-15-11-24-20-26(33(4,5)6)13-16-27(24)29(30)17-18-34-32;1-5-21(6-2)29-20(4)8-9-23-18-24(11-13-26(23)29)30-28-14-10-22-17-19(3)7-12-25(22)27(28)15-16-31-30;1-17(2)22-6-4-5-20-16-21(10-11-23(20)22)27-25-12-9-19-8-7-18(3)15-26(19)24(25)13-14-28-27;3*1-7-14(5,8-2)12(16)11-13(17)15(6,9-3)10-4;;;/h9-18,20,22H,7-8H2,1-6H3;7-17,21H,5-6H2,1-4H3;4-15,17H,1-3H3;3*11,16H,7-10H2,1-6H3;;;/q3*-1;;;;;;. The molecule has 0 spiro atoms. The summed E-state index contributed by atoms with van der Waals surface area (Å²) in [6.45, 7) is 65.4. The number of carbonyl (C=O) groups excluding carboxylic acids is 3. The zero-order valence-corrected chi connectivity index (χ0v) is 102. The van der Waals surface area contributed by atoms with Crippen LogP contribution in [0.2, 0.25) is 0 Å². The molecule has 15 aromatic rings. The quantitative estimate of drug-likeness (QED) is 0.0167. The minimum atomic E-state index is -0.337. The van der Waals surface area contributed by atoms with E-state index >= 15 is 0 Å². The van der Waals surface area contributed by atoms with Crippen LogP contribution < -0.4 is 0 Å². The predicted molar refractivity (Wildman–Crippen MR) is 621 cm³/mol. The summed E-state index contributed by atoms with van der Waals surface area (Å²) >= 11 is 0. The van der Waals surface area contributed by atoms with Crippen LogP contribution in [0, 0.1) is 78.4 Å². The van der Waals surface area contributed by atoms with Gasteiger partial charge in [-0.25, -0.2) is 0 Å². The van der Waals surface area contributed by atoms with Gasteiger partial charge in [0.2, 0.25) is 0 Å². The fourth-order valence-electron chi connectivity index (χ4n) is 19.8. The average Bonchev–Trinajstić information content (AvgIpc) is 0.762. The van der Waals surface area contributed by atoms with E-state index < -0.39 is 0 Å². The molecule has 12 heteroatoms. The molecule has 0 saturated heterocycles. The maximum Gasteiger partial charge on any atom is 0.164 e. The number of aromatic nitrogens is 3. The number of carbonyl (C=O) groups is 3. The van der Waals surface area contributed by atoms with E-state index in [1.165, 1.54) is 154 Å². The van der Waals surface area contributed by atoms with E-state index in [-0.39, 0.29) is 133 Å². The van der Waals surface area contributed by atoms with E-state index in [1.807, 2.05) is 143 Å². The topological polar surface area (TPSA) is 151 Å². The Hall–Kier alpha value is -9.99. The molecule has 3 N–H and O–H groups in total. The van der Waals surface area contributed by atoms with Crippen molar-refractivity contribution >= 4 is 114 Å². The molecule has 0 unspecified atom stereocenters. The summed E-state index contributed by atoms with van der Waals surface area (Å²) in [5, 5.41) is 52.8. The number of aliphatic hydroxyl groups is 3. The first-order valence-corrected chi connectivity index (χ1v) is 54.0. The molecule has 0 saturated carbocycles. The van der Waals surface area contributed by atoms with Crippen molar-refractivity contribution in [3.63, 3.8) is 0 Å². The molecule has 0 aliphatic carbocycles. The second-order valence-electron chi connectivity index (χ2n) is 43.5. The van der Waals surface area contributed by atoms with Gasteiger partial charge in [0.25, 0.3) is 0 Å². The monoisotopic (exact) mass is 2510 g/mol. The van der Waals surface area contributed by atoms with Gasteiger partial charge in [-0.3, -0.25) is 29.3 Å². The zero-order valence-electron chi connectivity index (χ0n) is 94.3. The minimum Gasteiger partial charge on any atom is -0.512 e. The smallest absolute Gasteiger partial charge is 0.164 e. The van der Waals surface area contributed by atoms with Gasteiger partial charge < -0.3 is 15.3 Å². The molecular formula is C135H168Ir3N3O6-3. The van der Waals surface area contributed by atoms with Gasteiger partial charge in [-0.2, -0.15) is 0 Å². The maximum absolute atomic E-state index is 12.2. The molecule has 3 heterocycles. The molecule has 3 radical (unpaired) electrons. The van der Waals surface area contributed by atoms with Gasteiger partial charge in [0.15, 0.2) is 17.3 Å². The Bertz CT molecular complexity index is 6990. The summed E-state index contributed by atoms with van der Waals surface area (Å²) in [5.74, 6) is 2.53. The van der Waals surface area contributed by atoms with E-state index in [1.54, 1.807) is 0 Å². The fourth-order valence-corrected chi connectivity index (χ4v) is 19.8.